The van der Waals surface area contributed by atoms with Crippen LogP contribution in [-0.4, -0.2) is 29.0 Å². The van der Waals surface area contributed by atoms with Crippen molar-refractivity contribution in [1.29, 1.82) is 0 Å². The molecule has 1 atom stereocenters. The number of nitrogens with zero attached hydrogens (tertiary/aromatic N) is 1. The van der Waals surface area contributed by atoms with Crippen LogP contribution in [0.25, 0.3) is 0 Å². The van der Waals surface area contributed by atoms with Gasteiger partial charge >= 0.3 is 0 Å². The summed E-state index contributed by atoms with van der Waals surface area (Å²) >= 11 is 5.88. The molecular weight excluding hydrogens is 314 g/mol. The predicted molar refractivity (Wildman–Crippen MR) is 88.5 cm³/mol. The van der Waals surface area contributed by atoms with Gasteiger partial charge in [0.15, 0.2) is 0 Å². The number of aliphatic hydroxyl groups is 1. The first-order valence-electron chi connectivity index (χ1n) is 7.83. The van der Waals surface area contributed by atoms with Gasteiger partial charge in [0.2, 0.25) is 0 Å². The highest BCUT2D eigenvalue weighted by Crippen LogP contribution is 2.31. The summed E-state index contributed by atoms with van der Waals surface area (Å²) in [7, 11) is 0. The van der Waals surface area contributed by atoms with Gasteiger partial charge in [-0.05, 0) is 49.4 Å². The molecule has 1 aromatic heterocycles. The number of halogens is 1. The van der Waals surface area contributed by atoms with Crippen molar-refractivity contribution < 1.29 is 14.3 Å². The molecule has 1 fully saturated rings. The molecule has 0 unspecified atom stereocenters. The predicted octanol–water partition coefficient (Wildman–Crippen LogP) is 3.83. The minimum absolute atomic E-state index is 0.00989. The molecule has 2 aromatic rings. The van der Waals surface area contributed by atoms with Gasteiger partial charge in [0, 0.05) is 18.1 Å². The number of rotatable bonds is 3. The average Bonchev–Trinajstić information content (AvgIpc) is 3.00. The first-order valence-corrected chi connectivity index (χ1v) is 8.21. The number of hydrogen-bond acceptors (Lipinski definition) is 3. The number of amides is 1. The molecule has 1 N–H and O–H groups in total. The van der Waals surface area contributed by atoms with E-state index in [4.69, 9.17) is 16.0 Å². The Bertz CT molecular complexity index is 672. The molecule has 2 heterocycles. The molecule has 1 amide bonds. The lowest BCUT2D eigenvalue weighted by Gasteiger charge is -2.34. The lowest BCUT2D eigenvalue weighted by atomic mass is 9.87. The van der Waals surface area contributed by atoms with Crippen LogP contribution in [0.1, 0.15) is 40.6 Å². The van der Waals surface area contributed by atoms with E-state index in [9.17, 15) is 9.90 Å². The van der Waals surface area contributed by atoms with E-state index < -0.39 is 6.10 Å². The van der Waals surface area contributed by atoms with Gasteiger partial charge < -0.3 is 14.4 Å². The second-order valence-electron chi connectivity index (χ2n) is 6.02. The number of benzene rings is 1. The third kappa shape index (κ3) is 3.43. The highest BCUT2D eigenvalue weighted by molar-refractivity contribution is 6.30. The first-order chi connectivity index (χ1) is 11.1. The van der Waals surface area contributed by atoms with Crippen molar-refractivity contribution in [3.63, 3.8) is 0 Å². The molecule has 1 saturated heterocycles. The van der Waals surface area contributed by atoms with Gasteiger partial charge in [0.25, 0.3) is 5.91 Å². The van der Waals surface area contributed by atoms with Crippen LogP contribution >= 0.6 is 11.6 Å². The Morgan fingerprint density at radius 1 is 1.26 bits per heavy atom. The van der Waals surface area contributed by atoms with Crippen LogP contribution in [-0.2, 0) is 0 Å². The maximum absolute atomic E-state index is 12.5. The molecule has 0 aliphatic carbocycles. The topological polar surface area (TPSA) is 53.7 Å². The highest BCUT2D eigenvalue weighted by Gasteiger charge is 2.29. The van der Waals surface area contributed by atoms with Gasteiger partial charge in [-0.3, -0.25) is 4.79 Å². The second kappa shape index (κ2) is 6.77. The van der Waals surface area contributed by atoms with Crippen molar-refractivity contribution in [2.45, 2.75) is 25.9 Å². The van der Waals surface area contributed by atoms with Gasteiger partial charge in [-0.2, -0.15) is 0 Å². The summed E-state index contributed by atoms with van der Waals surface area (Å²) in [6, 6.07) is 9.02. The van der Waals surface area contributed by atoms with E-state index in [0.29, 0.717) is 29.4 Å². The number of likely N-dealkylation sites (tertiary alicyclic amines) is 1. The fraction of sp³-hybridized carbons (Fsp3) is 0.389. The monoisotopic (exact) mass is 333 g/mol. The van der Waals surface area contributed by atoms with Crippen LogP contribution in [0.15, 0.2) is 41.0 Å². The molecule has 5 heteroatoms. The van der Waals surface area contributed by atoms with Crippen LogP contribution in [0.5, 0.6) is 0 Å². The van der Waals surface area contributed by atoms with Crippen LogP contribution in [0.2, 0.25) is 5.02 Å². The molecule has 0 saturated carbocycles. The quantitative estimate of drug-likeness (QED) is 0.928. The average molecular weight is 334 g/mol. The Balaban J connectivity index is 1.61. The normalized spacial score (nSPS) is 17.3. The van der Waals surface area contributed by atoms with Crippen LogP contribution < -0.4 is 0 Å². The molecule has 4 nitrogen and oxygen atoms in total. The zero-order chi connectivity index (χ0) is 16.4. The lowest BCUT2D eigenvalue weighted by Crippen LogP contribution is -2.39. The third-order valence-electron chi connectivity index (χ3n) is 4.57. The van der Waals surface area contributed by atoms with E-state index in [0.717, 1.165) is 18.4 Å². The summed E-state index contributed by atoms with van der Waals surface area (Å²) in [4.78, 5) is 14.3. The van der Waals surface area contributed by atoms with Crippen molar-refractivity contribution in [2.24, 2.45) is 5.92 Å². The van der Waals surface area contributed by atoms with Crippen molar-refractivity contribution in [1.82, 2.24) is 4.90 Å². The molecule has 0 bridgehead atoms. The molecule has 23 heavy (non-hydrogen) atoms. The number of piperidine rings is 1. The first kappa shape index (κ1) is 16.1. The summed E-state index contributed by atoms with van der Waals surface area (Å²) < 4.78 is 5.20. The molecule has 0 radical (unpaired) electrons. The molecule has 3 rings (SSSR count). The Morgan fingerprint density at radius 2 is 1.91 bits per heavy atom. The summed E-state index contributed by atoms with van der Waals surface area (Å²) in [6.07, 6.45) is 2.60. The number of aliphatic hydroxyl groups excluding tert-OH is 1. The van der Waals surface area contributed by atoms with Crippen molar-refractivity contribution in [2.75, 3.05) is 13.1 Å². The summed E-state index contributed by atoms with van der Waals surface area (Å²) in [6.45, 7) is 3.10. The fourth-order valence-electron chi connectivity index (χ4n) is 3.13. The number of furan rings is 1. The van der Waals surface area contributed by atoms with Crippen LogP contribution in [0, 0.1) is 12.8 Å². The lowest BCUT2D eigenvalue weighted by molar-refractivity contribution is 0.0461. The molecular formula is C18H20ClNO3. The number of carbonyl (C=O) groups excluding carboxylic acids is 1. The minimum Gasteiger partial charge on any atom is -0.469 e. The molecule has 1 aliphatic heterocycles. The standard InChI is InChI=1S/C18H20ClNO3/c1-12-16(8-11-23-12)18(22)20-9-6-14(7-10-20)17(21)13-2-4-15(19)5-3-13/h2-5,8,11,14,17,21H,6-7,9-10H2,1H3/t17-/m1/s1. The van der Waals surface area contributed by atoms with Gasteiger partial charge in [0.1, 0.15) is 5.76 Å². The van der Waals surface area contributed by atoms with Gasteiger partial charge in [0.05, 0.1) is 17.9 Å². The van der Waals surface area contributed by atoms with Crippen molar-refractivity contribution in [3.8, 4) is 0 Å². The maximum atomic E-state index is 12.5. The molecule has 1 aromatic carbocycles. The van der Waals surface area contributed by atoms with E-state index in [-0.39, 0.29) is 11.8 Å². The highest BCUT2D eigenvalue weighted by atomic mass is 35.5. The van der Waals surface area contributed by atoms with E-state index in [2.05, 4.69) is 0 Å². The molecule has 0 spiro atoms. The second-order valence-corrected chi connectivity index (χ2v) is 6.45. The Kier molecular flexibility index (Phi) is 4.74. The van der Waals surface area contributed by atoms with Gasteiger partial charge in [-0.15, -0.1) is 0 Å². The Morgan fingerprint density at radius 3 is 2.48 bits per heavy atom. The SMILES string of the molecule is Cc1occc1C(=O)N1CCC([C@H](O)c2ccc(Cl)cc2)CC1. The summed E-state index contributed by atoms with van der Waals surface area (Å²) in [5.74, 6) is 0.819. The van der Waals surface area contributed by atoms with Gasteiger partial charge in [-0.25, -0.2) is 0 Å². The van der Waals surface area contributed by atoms with E-state index in [1.807, 2.05) is 17.0 Å². The van der Waals surface area contributed by atoms with E-state index in [1.54, 1.807) is 31.4 Å². The van der Waals surface area contributed by atoms with E-state index >= 15 is 0 Å². The van der Waals surface area contributed by atoms with Crippen molar-refractivity contribution in [3.05, 3.63) is 58.5 Å². The van der Waals surface area contributed by atoms with Crippen LogP contribution in [0.3, 0.4) is 0 Å². The number of carbonyl (C=O) groups is 1. The summed E-state index contributed by atoms with van der Waals surface area (Å²) in [5.41, 5.74) is 1.51. The third-order valence-corrected chi connectivity index (χ3v) is 4.83. The molecule has 1 aliphatic rings. The Hall–Kier alpha value is -1.78. The smallest absolute Gasteiger partial charge is 0.257 e. The van der Waals surface area contributed by atoms with E-state index in [1.165, 1.54) is 0 Å². The maximum Gasteiger partial charge on any atom is 0.257 e. The molecule has 122 valence electrons. The van der Waals surface area contributed by atoms with Gasteiger partial charge in [-0.1, -0.05) is 23.7 Å². The Labute approximate surface area is 140 Å². The minimum atomic E-state index is -0.514. The van der Waals surface area contributed by atoms with Crippen molar-refractivity contribution >= 4 is 17.5 Å². The zero-order valence-corrected chi connectivity index (χ0v) is 13.8. The number of aryl methyl sites for hydroxylation is 1. The van der Waals surface area contributed by atoms with Crippen LogP contribution in [0.4, 0.5) is 0 Å². The summed E-state index contributed by atoms with van der Waals surface area (Å²) in [5, 5.41) is 11.2. The fourth-order valence-corrected chi connectivity index (χ4v) is 3.25. The zero-order valence-electron chi connectivity index (χ0n) is 13.0. The largest absolute Gasteiger partial charge is 0.469 e. The number of hydrogen-bond donors (Lipinski definition) is 1.